The number of anilines is 1. The fourth-order valence-corrected chi connectivity index (χ4v) is 3.78. The molecule has 4 rings (SSSR count). The number of aromatic nitrogens is 1. The Labute approximate surface area is 150 Å². The number of likely N-dealkylation sites (tertiary alicyclic amines) is 1. The summed E-state index contributed by atoms with van der Waals surface area (Å²) < 4.78 is 6.08. The minimum atomic E-state index is 0.342. The highest BCUT2D eigenvalue weighted by Crippen LogP contribution is 2.21. The summed E-state index contributed by atoms with van der Waals surface area (Å²) in [5, 5.41) is 0. The smallest absolute Gasteiger partial charge is 0.128 e. The molecule has 4 heteroatoms. The van der Waals surface area contributed by atoms with Crippen LogP contribution in [0.1, 0.15) is 31.2 Å². The lowest BCUT2D eigenvalue weighted by atomic mass is 10.1. The van der Waals surface area contributed by atoms with Crippen LogP contribution in [0, 0.1) is 0 Å². The van der Waals surface area contributed by atoms with Gasteiger partial charge in [0.2, 0.25) is 0 Å². The molecule has 132 valence electrons. The first kappa shape index (κ1) is 16.4. The molecule has 1 aromatic heterocycles. The monoisotopic (exact) mass is 337 g/mol. The van der Waals surface area contributed by atoms with Crippen molar-refractivity contribution in [2.24, 2.45) is 0 Å². The van der Waals surface area contributed by atoms with Crippen molar-refractivity contribution < 1.29 is 4.74 Å². The van der Waals surface area contributed by atoms with Gasteiger partial charge in [-0.2, -0.15) is 0 Å². The zero-order chi connectivity index (χ0) is 16.9. The number of para-hydroxylation sites is 1. The molecule has 2 fully saturated rings. The molecule has 0 atom stereocenters. The largest absolute Gasteiger partial charge is 0.490 e. The molecule has 0 spiro atoms. The molecule has 0 bridgehead atoms. The average molecular weight is 337 g/mol. The molecular formula is C21H27N3O. The molecule has 4 nitrogen and oxygen atoms in total. The predicted octanol–water partition coefficient (Wildman–Crippen LogP) is 3.73. The van der Waals surface area contributed by atoms with Gasteiger partial charge in [0.05, 0.1) is 0 Å². The topological polar surface area (TPSA) is 28.6 Å². The summed E-state index contributed by atoms with van der Waals surface area (Å²) in [6.45, 7) is 5.48. The van der Waals surface area contributed by atoms with Crippen LogP contribution in [0.3, 0.4) is 0 Å². The van der Waals surface area contributed by atoms with Crippen LogP contribution in [0.25, 0.3) is 0 Å². The molecule has 0 radical (unpaired) electrons. The lowest BCUT2D eigenvalue weighted by molar-refractivity contribution is 0.0967. The quantitative estimate of drug-likeness (QED) is 0.831. The Kier molecular flexibility index (Phi) is 5.17. The Morgan fingerprint density at radius 2 is 1.68 bits per heavy atom. The zero-order valence-electron chi connectivity index (χ0n) is 14.8. The van der Waals surface area contributed by atoms with E-state index in [1.807, 2.05) is 30.3 Å². The van der Waals surface area contributed by atoms with Gasteiger partial charge < -0.3 is 9.64 Å². The van der Waals surface area contributed by atoms with Gasteiger partial charge in [-0.15, -0.1) is 0 Å². The van der Waals surface area contributed by atoms with E-state index in [4.69, 9.17) is 4.74 Å². The molecule has 2 aromatic rings. The maximum Gasteiger partial charge on any atom is 0.128 e. The number of pyridine rings is 1. The van der Waals surface area contributed by atoms with Crippen LogP contribution in [0.2, 0.25) is 0 Å². The third-order valence-corrected chi connectivity index (χ3v) is 5.23. The van der Waals surface area contributed by atoms with Crippen LogP contribution >= 0.6 is 0 Å². The van der Waals surface area contributed by atoms with Gasteiger partial charge in [-0.05, 0) is 49.4 Å². The molecule has 0 aliphatic carbocycles. The van der Waals surface area contributed by atoms with Gasteiger partial charge in [0.15, 0.2) is 0 Å². The first-order valence-electron chi connectivity index (χ1n) is 9.51. The van der Waals surface area contributed by atoms with E-state index < -0.39 is 0 Å². The van der Waals surface area contributed by atoms with Crippen molar-refractivity contribution in [3.05, 3.63) is 54.2 Å². The van der Waals surface area contributed by atoms with Crippen molar-refractivity contribution in [2.45, 2.75) is 38.3 Å². The molecule has 2 saturated heterocycles. The number of hydrogen-bond donors (Lipinski definition) is 0. The number of piperidine rings is 1. The summed E-state index contributed by atoms with van der Waals surface area (Å²) in [6, 6.07) is 14.6. The SMILES string of the molecule is c1ccc(OC2CCN(Cc3ccc(N4CCCC4)nc3)CC2)cc1. The summed E-state index contributed by atoms with van der Waals surface area (Å²) in [7, 11) is 0. The van der Waals surface area contributed by atoms with Gasteiger partial charge >= 0.3 is 0 Å². The van der Waals surface area contributed by atoms with E-state index in [2.05, 4.69) is 33.1 Å². The van der Waals surface area contributed by atoms with Gasteiger partial charge in [0.25, 0.3) is 0 Å². The maximum atomic E-state index is 6.08. The van der Waals surface area contributed by atoms with Crippen LogP contribution in [0.5, 0.6) is 5.75 Å². The maximum absolute atomic E-state index is 6.08. The Balaban J connectivity index is 1.25. The fourth-order valence-electron chi connectivity index (χ4n) is 3.78. The zero-order valence-corrected chi connectivity index (χ0v) is 14.8. The molecule has 0 N–H and O–H groups in total. The van der Waals surface area contributed by atoms with Crippen LogP contribution in [0.4, 0.5) is 5.82 Å². The Hall–Kier alpha value is -2.07. The van der Waals surface area contributed by atoms with Gasteiger partial charge in [-0.1, -0.05) is 24.3 Å². The summed E-state index contributed by atoms with van der Waals surface area (Å²) in [5.74, 6) is 2.12. The van der Waals surface area contributed by atoms with Crippen molar-refractivity contribution in [3.8, 4) is 5.75 Å². The third kappa shape index (κ3) is 4.31. The summed E-state index contributed by atoms with van der Waals surface area (Å²) in [6.07, 6.45) is 7.17. The van der Waals surface area contributed by atoms with Crippen molar-refractivity contribution in [3.63, 3.8) is 0 Å². The van der Waals surface area contributed by atoms with Crippen molar-refractivity contribution in [2.75, 3.05) is 31.1 Å². The second kappa shape index (κ2) is 7.87. The van der Waals surface area contributed by atoms with E-state index in [0.29, 0.717) is 6.10 Å². The number of nitrogens with zero attached hydrogens (tertiary/aromatic N) is 3. The van der Waals surface area contributed by atoms with E-state index in [9.17, 15) is 0 Å². The van der Waals surface area contributed by atoms with Crippen LogP contribution in [0.15, 0.2) is 48.7 Å². The van der Waals surface area contributed by atoms with Gasteiger partial charge in [-0.25, -0.2) is 4.98 Å². The molecule has 1 aromatic carbocycles. The third-order valence-electron chi connectivity index (χ3n) is 5.23. The molecule has 0 saturated carbocycles. The van der Waals surface area contributed by atoms with Crippen LogP contribution < -0.4 is 9.64 Å². The predicted molar refractivity (Wildman–Crippen MR) is 101 cm³/mol. The first-order valence-corrected chi connectivity index (χ1v) is 9.51. The van der Waals surface area contributed by atoms with Crippen molar-refractivity contribution >= 4 is 5.82 Å². The molecule has 25 heavy (non-hydrogen) atoms. The second-order valence-corrected chi connectivity index (χ2v) is 7.13. The highest BCUT2D eigenvalue weighted by atomic mass is 16.5. The Morgan fingerprint density at radius 1 is 0.920 bits per heavy atom. The molecule has 2 aliphatic heterocycles. The summed E-state index contributed by atoms with van der Waals surface area (Å²) >= 11 is 0. The van der Waals surface area contributed by atoms with E-state index in [1.54, 1.807) is 0 Å². The van der Waals surface area contributed by atoms with Crippen molar-refractivity contribution in [1.29, 1.82) is 0 Å². The molecule has 0 unspecified atom stereocenters. The van der Waals surface area contributed by atoms with Crippen LogP contribution in [-0.2, 0) is 6.54 Å². The fraction of sp³-hybridized carbons (Fsp3) is 0.476. The van der Waals surface area contributed by atoms with Gasteiger partial charge in [-0.3, -0.25) is 4.90 Å². The van der Waals surface area contributed by atoms with Crippen LogP contribution in [-0.4, -0.2) is 42.2 Å². The first-order chi connectivity index (χ1) is 12.4. The number of hydrogen-bond acceptors (Lipinski definition) is 4. The lowest BCUT2D eigenvalue weighted by Gasteiger charge is -2.32. The molecule has 3 heterocycles. The standard InChI is InChI=1S/C21H27N3O/c1-2-6-19(7-3-1)25-20-10-14-23(15-11-20)17-18-8-9-21(22-16-18)24-12-4-5-13-24/h1-3,6-9,16,20H,4-5,10-15,17H2. The van der Waals surface area contributed by atoms with Gasteiger partial charge in [0, 0.05) is 38.9 Å². The van der Waals surface area contributed by atoms with Crippen molar-refractivity contribution in [1.82, 2.24) is 9.88 Å². The van der Waals surface area contributed by atoms with E-state index in [-0.39, 0.29) is 0 Å². The summed E-state index contributed by atoms with van der Waals surface area (Å²) in [4.78, 5) is 9.57. The Morgan fingerprint density at radius 3 is 2.36 bits per heavy atom. The summed E-state index contributed by atoms with van der Waals surface area (Å²) in [5.41, 5.74) is 1.31. The van der Waals surface area contributed by atoms with E-state index in [1.165, 1.54) is 18.4 Å². The average Bonchev–Trinajstić information content (AvgIpc) is 3.20. The van der Waals surface area contributed by atoms with E-state index in [0.717, 1.165) is 57.1 Å². The number of benzene rings is 1. The minimum Gasteiger partial charge on any atom is -0.490 e. The highest BCUT2D eigenvalue weighted by Gasteiger charge is 2.21. The highest BCUT2D eigenvalue weighted by molar-refractivity contribution is 5.40. The Bertz CT molecular complexity index is 645. The molecular weight excluding hydrogens is 310 g/mol. The minimum absolute atomic E-state index is 0.342. The number of rotatable bonds is 5. The normalized spacial score (nSPS) is 19.3. The second-order valence-electron chi connectivity index (χ2n) is 7.13. The van der Waals surface area contributed by atoms with Gasteiger partial charge in [0.1, 0.15) is 17.7 Å². The number of ether oxygens (including phenoxy) is 1. The molecule has 0 amide bonds. The lowest BCUT2D eigenvalue weighted by Crippen LogP contribution is -2.37. The van der Waals surface area contributed by atoms with E-state index >= 15 is 0 Å². The molecule has 2 aliphatic rings.